The van der Waals surface area contributed by atoms with Gasteiger partial charge in [-0.2, -0.15) is 26.3 Å². The Morgan fingerprint density at radius 2 is 0.670 bits per heavy atom. The van der Waals surface area contributed by atoms with Gasteiger partial charge in [-0.05, 0) is 181 Å². The minimum atomic E-state index is -4.87. The monoisotopic (exact) mass is 1190 g/mol. The van der Waals surface area contributed by atoms with Crippen molar-refractivity contribution in [3.8, 4) is 11.5 Å². The topological polar surface area (TPSA) is 88.1 Å². The predicted octanol–water partition coefficient (Wildman–Crippen LogP) is 17.5. The number of benzene rings is 6. The number of nitrogens with zero attached hydrogens (tertiary/aromatic N) is 2. The molecule has 0 radical (unpaired) electrons. The van der Waals surface area contributed by atoms with Gasteiger partial charge in [-0.25, -0.2) is 0 Å². The molecule has 4 aromatic heterocycles. The number of halogens is 6. The number of unbranched alkanes of at least 4 members (excludes halogenated alkanes) is 2. The van der Waals surface area contributed by atoms with Crippen LogP contribution >= 0.6 is 0 Å². The number of hydrogen-bond donors (Lipinski definition) is 4. The van der Waals surface area contributed by atoms with Gasteiger partial charge >= 0.3 is 12.4 Å². The highest BCUT2D eigenvalue weighted by atomic mass is 19.4. The first-order valence-corrected chi connectivity index (χ1v) is 30.5. The van der Waals surface area contributed by atoms with Crippen LogP contribution in [-0.4, -0.2) is 45.5 Å². The average molecular weight is 1190 g/mol. The number of alkyl halides is 6. The molecule has 0 aliphatic carbocycles. The summed E-state index contributed by atoms with van der Waals surface area (Å²) in [5, 5.41) is -0.00340. The van der Waals surface area contributed by atoms with Crippen molar-refractivity contribution in [3.63, 3.8) is 0 Å². The van der Waals surface area contributed by atoms with Gasteiger partial charge in [0.1, 0.15) is 22.6 Å². The normalized spacial score (nSPS) is 13.4. The second-order valence-corrected chi connectivity index (χ2v) is 22.5. The Morgan fingerprint density at radius 1 is 0.352 bits per heavy atom. The first-order valence-electron chi connectivity index (χ1n) is 30.5. The quantitative estimate of drug-likeness (QED) is 0.0509. The summed E-state index contributed by atoms with van der Waals surface area (Å²) in [6.07, 6.45) is -0.861. The van der Waals surface area contributed by atoms with E-state index in [2.05, 4.69) is 57.4 Å². The second kappa shape index (κ2) is 26.8. The first kappa shape index (κ1) is 60.4. The number of rotatable bonds is 22. The predicted molar refractivity (Wildman–Crippen MR) is 342 cm³/mol. The number of fused-ring (bicyclic) bond motifs is 8. The molecule has 8 bridgehead atoms. The van der Waals surface area contributed by atoms with Crippen molar-refractivity contribution in [1.82, 2.24) is 19.9 Å². The van der Waals surface area contributed by atoms with Crippen molar-refractivity contribution >= 4 is 56.4 Å². The molecule has 1 aliphatic heterocycles. The van der Waals surface area contributed by atoms with Gasteiger partial charge in [-0.15, -0.1) is 0 Å². The molecule has 88 heavy (non-hydrogen) atoms. The van der Waals surface area contributed by atoms with E-state index in [9.17, 15) is 0 Å². The van der Waals surface area contributed by atoms with Crippen molar-refractivity contribution in [3.05, 3.63) is 262 Å². The zero-order chi connectivity index (χ0) is 61.4. The highest BCUT2D eigenvalue weighted by Crippen LogP contribution is 2.40. The molecule has 10 aromatic rings. The number of aromatic amines is 4. The maximum Gasteiger partial charge on any atom is 0.420 e. The Kier molecular flexibility index (Phi) is 18.4. The fourth-order valence-electron chi connectivity index (χ4n) is 11.8. The summed E-state index contributed by atoms with van der Waals surface area (Å²) in [7, 11) is 0. The SMILES string of the molecule is CCCCC(CC)COc1ccc(N(c2ccccc2)c2ccc(C3=c4ccc([nH]4)=C(C(F)(F)F)c4ccc([nH]4)C(c4ccc(N(c5ccccc5)c5ccc(OCC(CC)CCCC)cc5)cc4)=c4ccc([nH]4)=C(C(F)(F)F)c4ccc3[nH]4)cc2)cc1. The van der Waals surface area contributed by atoms with E-state index in [4.69, 9.17) is 9.47 Å². The lowest BCUT2D eigenvalue weighted by molar-refractivity contribution is -0.0707. The lowest BCUT2D eigenvalue weighted by Crippen LogP contribution is -2.25. The van der Waals surface area contributed by atoms with Crippen LogP contribution < -0.4 is 40.7 Å². The molecule has 2 atom stereocenters. The summed E-state index contributed by atoms with van der Waals surface area (Å²) in [5.41, 5.74) is 4.82. The molecule has 8 nitrogen and oxygen atoms in total. The molecular weight excluding hydrogens is 1120 g/mol. The number of aromatic nitrogens is 4. The smallest absolute Gasteiger partial charge is 0.420 e. The minimum Gasteiger partial charge on any atom is -0.493 e. The van der Waals surface area contributed by atoms with Gasteiger partial charge in [0.25, 0.3) is 0 Å². The van der Waals surface area contributed by atoms with Crippen molar-refractivity contribution in [2.75, 3.05) is 23.0 Å². The molecule has 0 saturated carbocycles. The largest absolute Gasteiger partial charge is 0.493 e. The van der Waals surface area contributed by atoms with Crippen LogP contribution in [0.15, 0.2) is 206 Å². The maximum atomic E-state index is 15.8. The van der Waals surface area contributed by atoms with E-state index >= 15 is 26.3 Å². The molecule has 14 heteroatoms. The van der Waals surface area contributed by atoms with E-state index in [1.165, 1.54) is 48.5 Å². The summed E-state index contributed by atoms with van der Waals surface area (Å²) >= 11 is 0. The van der Waals surface area contributed by atoms with E-state index in [1.54, 1.807) is 0 Å². The molecule has 1 aliphatic rings. The van der Waals surface area contributed by atoms with Crippen LogP contribution in [0, 0.1) is 11.8 Å². The van der Waals surface area contributed by atoms with Gasteiger partial charge in [0.2, 0.25) is 0 Å². The number of hydrogen-bond acceptors (Lipinski definition) is 4. The van der Waals surface area contributed by atoms with Crippen LogP contribution in [0.5, 0.6) is 11.5 Å². The summed E-state index contributed by atoms with van der Waals surface area (Å²) in [6.45, 7) is 10.0. The standard InChI is InChI=1S/C74H72F6N6O2/c1-5-9-17-49(7-3)47-87-59-35-31-57(32-36-59)85(53-19-13-11-14-20-53)55-27-23-51(24-28-55)69-61-39-43-65(81-61)71(73(75,76)77)67-45-41-63(83-67)70(64-42-46-68(84-64)72(74(78,79)80)66-44-40-62(69)82-66)52-25-29-56(30-26-52)86(54-21-15-12-16-22-54)58-33-37-60(38-34-58)88-48-50(8-4)18-10-6-2/h11-16,19-46,49-50,81-84H,5-10,17-18,47-48H2,1-4H3. The Labute approximate surface area is 509 Å². The molecule has 2 unspecified atom stereocenters. The Hall–Kier alpha value is -9.30. The Balaban J connectivity index is 0.993. The summed E-state index contributed by atoms with van der Waals surface area (Å²) in [4.78, 5) is 16.4. The van der Waals surface area contributed by atoms with Crippen LogP contribution in [-0.2, 0) is 0 Å². The Bertz CT molecular complexity index is 3910. The summed E-state index contributed by atoms with van der Waals surface area (Å²) in [5.74, 6) is 2.46. The zero-order valence-corrected chi connectivity index (χ0v) is 49.8. The van der Waals surface area contributed by atoms with Crippen molar-refractivity contribution in [2.24, 2.45) is 11.8 Å². The van der Waals surface area contributed by atoms with Gasteiger partial charge in [0.05, 0.1) is 35.3 Å². The van der Waals surface area contributed by atoms with Crippen LogP contribution in [0.25, 0.3) is 22.3 Å². The lowest BCUT2D eigenvalue weighted by Gasteiger charge is -2.26. The highest BCUT2D eigenvalue weighted by Gasteiger charge is 2.39. The third-order valence-electron chi connectivity index (χ3n) is 16.6. The number of ether oxygens (including phenoxy) is 2. The van der Waals surface area contributed by atoms with E-state index in [-0.39, 0.29) is 44.2 Å². The van der Waals surface area contributed by atoms with Gasteiger partial charge in [0.15, 0.2) is 0 Å². The molecule has 0 spiro atoms. The Morgan fingerprint density at radius 3 is 1.00 bits per heavy atom. The molecule has 452 valence electrons. The lowest BCUT2D eigenvalue weighted by atomic mass is 10.0. The van der Waals surface area contributed by atoms with Gasteiger partial charge in [-0.3, -0.25) is 0 Å². The number of H-pyrrole nitrogens is 4. The molecule has 11 rings (SSSR count). The second-order valence-electron chi connectivity index (χ2n) is 22.5. The van der Waals surface area contributed by atoms with E-state index in [1.807, 2.05) is 158 Å². The van der Waals surface area contributed by atoms with Crippen molar-refractivity contribution in [1.29, 1.82) is 0 Å². The zero-order valence-electron chi connectivity index (χ0n) is 49.8. The first-order chi connectivity index (χ1) is 42.7. The number of para-hydroxylation sites is 2. The molecule has 0 saturated heterocycles. The van der Waals surface area contributed by atoms with Gasteiger partial charge < -0.3 is 39.2 Å². The molecule has 4 N–H and O–H groups in total. The minimum absolute atomic E-state index is 0.243. The maximum absolute atomic E-state index is 15.8. The third-order valence-corrected chi connectivity index (χ3v) is 16.6. The van der Waals surface area contributed by atoms with E-state index in [0.717, 1.165) is 97.0 Å². The van der Waals surface area contributed by atoms with Crippen LogP contribution in [0.3, 0.4) is 0 Å². The summed E-state index contributed by atoms with van der Waals surface area (Å²) in [6, 6.07) is 61.8. The molecular formula is C74H72F6N6O2. The van der Waals surface area contributed by atoms with Crippen LogP contribution in [0.1, 0.15) is 113 Å². The van der Waals surface area contributed by atoms with E-state index < -0.39 is 23.5 Å². The fourth-order valence-corrected chi connectivity index (χ4v) is 11.8. The number of anilines is 6. The third kappa shape index (κ3) is 13.5. The van der Waals surface area contributed by atoms with Crippen LogP contribution in [0.2, 0.25) is 0 Å². The fraction of sp³-hybridized carbons (Fsp3) is 0.243. The summed E-state index contributed by atoms with van der Waals surface area (Å²) < 4.78 is 107. The van der Waals surface area contributed by atoms with E-state index in [0.29, 0.717) is 47.3 Å². The molecule has 0 fully saturated rings. The van der Waals surface area contributed by atoms with Crippen molar-refractivity contribution in [2.45, 2.75) is 91.4 Å². The number of nitrogens with one attached hydrogen (secondary N) is 4. The van der Waals surface area contributed by atoms with Gasteiger partial charge in [0, 0.05) is 67.4 Å². The van der Waals surface area contributed by atoms with Crippen molar-refractivity contribution < 1.29 is 35.8 Å². The molecule has 6 aromatic carbocycles. The van der Waals surface area contributed by atoms with Gasteiger partial charge in [-0.1, -0.05) is 127 Å². The molecule has 5 heterocycles. The molecule has 0 amide bonds. The van der Waals surface area contributed by atoms with Crippen LogP contribution in [0.4, 0.5) is 60.5 Å². The average Bonchev–Trinajstić information content (AvgIpc) is 1.83. The highest BCUT2D eigenvalue weighted by molar-refractivity contribution is 5.85.